The summed E-state index contributed by atoms with van der Waals surface area (Å²) in [7, 11) is 0. The number of carbonyl (C=O) groups is 2. The van der Waals surface area contributed by atoms with E-state index in [2.05, 4.69) is 59.2 Å². The molecule has 3 aliphatic carbocycles. The lowest BCUT2D eigenvalue weighted by molar-refractivity contribution is -0.123. The zero-order valence-corrected chi connectivity index (χ0v) is 19.2. The molecule has 168 valence electrons. The first kappa shape index (κ1) is 21.4. The Morgan fingerprint density at radius 2 is 1.45 bits per heavy atom. The largest absolute Gasteiger partial charge is 0.356 e. The number of amides is 2. The summed E-state index contributed by atoms with van der Waals surface area (Å²) in [6.45, 7) is 4.16. The van der Waals surface area contributed by atoms with Gasteiger partial charge in [-0.05, 0) is 47.1 Å². The van der Waals surface area contributed by atoms with E-state index in [1.54, 1.807) is 0 Å². The van der Waals surface area contributed by atoms with Crippen molar-refractivity contribution in [2.24, 2.45) is 5.92 Å². The number of benzene rings is 3. The fraction of sp³-hybridized carbons (Fsp3) is 0.310. The molecule has 3 aromatic carbocycles. The highest BCUT2D eigenvalue weighted by Gasteiger charge is 2.42. The minimum atomic E-state index is -0.327. The Bertz CT molecular complexity index is 1140. The van der Waals surface area contributed by atoms with E-state index in [9.17, 15) is 9.59 Å². The molecule has 2 atom stereocenters. The molecule has 4 nitrogen and oxygen atoms in total. The van der Waals surface area contributed by atoms with Gasteiger partial charge in [-0.15, -0.1) is 0 Å². The highest BCUT2D eigenvalue weighted by Crippen LogP contribution is 2.55. The van der Waals surface area contributed by atoms with Crippen LogP contribution in [0.5, 0.6) is 0 Å². The van der Waals surface area contributed by atoms with Gasteiger partial charge >= 0.3 is 0 Å². The van der Waals surface area contributed by atoms with E-state index >= 15 is 0 Å². The van der Waals surface area contributed by atoms with E-state index in [1.165, 1.54) is 29.2 Å². The lowest BCUT2D eigenvalue weighted by Crippen LogP contribution is -2.40. The van der Waals surface area contributed by atoms with Crippen molar-refractivity contribution in [3.63, 3.8) is 0 Å². The van der Waals surface area contributed by atoms with Crippen LogP contribution < -0.4 is 10.6 Å². The predicted octanol–water partition coefficient (Wildman–Crippen LogP) is 4.98. The van der Waals surface area contributed by atoms with E-state index < -0.39 is 0 Å². The van der Waals surface area contributed by atoms with Crippen LogP contribution in [-0.4, -0.2) is 18.4 Å². The molecular weight excluding hydrogens is 408 g/mol. The van der Waals surface area contributed by atoms with E-state index in [0.717, 1.165) is 17.5 Å². The second-order valence-electron chi connectivity index (χ2n) is 9.46. The van der Waals surface area contributed by atoms with Crippen molar-refractivity contribution in [2.45, 2.75) is 44.6 Å². The SMILES string of the molecule is CC(=O)NC(CC(=O)NCC1CC2c3ccccc3C1c1ccccc12)c1ccc(C)cc1. The predicted molar refractivity (Wildman–Crippen MR) is 130 cm³/mol. The molecule has 6 rings (SSSR count). The van der Waals surface area contributed by atoms with Gasteiger partial charge in [-0.25, -0.2) is 0 Å². The number of hydrogen-bond donors (Lipinski definition) is 2. The Labute approximate surface area is 195 Å². The second kappa shape index (κ2) is 8.86. The third-order valence-corrected chi connectivity index (χ3v) is 7.23. The maximum Gasteiger partial charge on any atom is 0.222 e. The molecule has 0 saturated heterocycles. The summed E-state index contributed by atoms with van der Waals surface area (Å²) in [6.07, 6.45) is 1.28. The Hall–Kier alpha value is -3.40. The van der Waals surface area contributed by atoms with Gasteiger partial charge in [0.25, 0.3) is 0 Å². The van der Waals surface area contributed by atoms with Crippen LogP contribution >= 0.6 is 0 Å². The van der Waals surface area contributed by atoms with Crippen molar-refractivity contribution in [1.82, 2.24) is 10.6 Å². The summed E-state index contributed by atoms with van der Waals surface area (Å²) in [4.78, 5) is 24.7. The number of carbonyl (C=O) groups excluding carboxylic acids is 2. The van der Waals surface area contributed by atoms with Gasteiger partial charge in [0.2, 0.25) is 11.8 Å². The molecule has 0 saturated carbocycles. The molecule has 0 spiro atoms. The van der Waals surface area contributed by atoms with Crippen LogP contribution in [0.15, 0.2) is 72.8 Å². The first-order valence-corrected chi connectivity index (χ1v) is 11.8. The zero-order valence-electron chi connectivity index (χ0n) is 19.2. The van der Waals surface area contributed by atoms with Gasteiger partial charge in [-0.2, -0.15) is 0 Å². The maximum atomic E-state index is 13.0. The quantitative estimate of drug-likeness (QED) is 0.571. The van der Waals surface area contributed by atoms with Crippen molar-refractivity contribution < 1.29 is 9.59 Å². The van der Waals surface area contributed by atoms with Gasteiger partial charge in [0.05, 0.1) is 12.5 Å². The molecule has 33 heavy (non-hydrogen) atoms. The highest BCUT2D eigenvalue weighted by atomic mass is 16.2. The van der Waals surface area contributed by atoms with Gasteiger partial charge in [0.15, 0.2) is 0 Å². The van der Waals surface area contributed by atoms with E-state index in [0.29, 0.717) is 24.3 Å². The average molecular weight is 439 g/mol. The lowest BCUT2D eigenvalue weighted by Gasteiger charge is -2.45. The van der Waals surface area contributed by atoms with Crippen LogP contribution in [0.2, 0.25) is 0 Å². The first-order valence-electron chi connectivity index (χ1n) is 11.8. The number of rotatable bonds is 6. The number of aryl methyl sites for hydroxylation is 1. The van der Waals surface area contributed by atoms with Crippen molar-refractivity contribution in [3.8, 4) is 0 Å². The first-order chi connectivity index (χ1) is 16.0. The van der Waals surface area contributed by atoms with Crippen LogP contribution in [0, 0.1) is 12.8 Å². The molecular formula is C29H30N2O2. The normalized spacial score (nSPS) is 21.0. The van der Waals surface area contributed by atoms with Gasteiger partial charge < -0.3 is 10.6 Å². The summed E-state index contributed by atoms with van der Waals surface area (Å²) in [6, 6.07) is 25.2. The van der Waals surface area contributed by atoms with Crippen molar-refractivity contribution in [1.29, 1.82) is 0 Å². The van der Waals surface area contributed by atoms with Crippen LogP contribution in [0.3, 0.4) is 0 Å². The Morgan fingerprint density at radius 3 is 2.03 bits per heavy atom. The third-order valence-electron chi connectivity index (χ3n) is 7.23. The van der Waals surface area contributed by atoms with Gasteiger partial charge in [0, 0.05) is 25.3 Å². The van der Waals surface area contributed by atoms with Gasteiger partial charge in [-0.1, -0.05) is 78.4 Å². The molecule has 4 heteroatoms. The minimum absolute atomic E-state index is 0.0302. The van der Waals surface area contributed by atoms with E-state index in [4.69, 9.17) is 0 Å². The molecule has 2 amide bonds. The molecule has 3 aromatic rings. The molecule has 0 fully saturated rings. The number of nitrogens with one attached hydrogen (secondary N) is 2. The standard InChI is InChI=1S/C29H30N2O2/c1-18-11-13-20(14-12-18)27(31-19(2)32)16-28(33)30-17-21-15-26-22-7-3-5-9-24(22)29(21)25-10-6-4-8-23(25)26/h3-14,21,26-27,29H,15-17H2,1-2H3,(H,30,33)(H,31,32). The van der Waals surface area contributed by atoms with Crippen molar-refractivity contribution >= 4 is 11.8 Å². The number of fused-ring (bicyclic) bond motifs is 1. The Balaban J connectivity index is 1.31. The van der Waals surface area contributed by atoms with E-state index in [1.807, 2.05) is 31.2 Å². The average Bonchev–Trinajstić information content (AvgIpc) is 2.83. The smallest absolute Gasteiger partial charge is 0.222 e. The number of hydrogen-bond acceptors (Lipinski definition) is 2. The van der Waals surface area contributed by atoms with E-state index in [-0.39, 0.29) is 24.3 Å². The fourth-order valence-electron chi connectivity index (χ4n) is 5.76. The molecule has 0 radical (unpaired) electrons. The van der Waals surface area contributed by atoms with Crippen LogP contribution in [0.4, 0.5) is 0 Å². The lowest BCUT2D eigenvalue weighted by atomic mass is 9.59. The molecule has 0 aliphatic heterocycles. The van der Waals surface area contributed by atoms with Crippen LogP contribution in [0.25, 0.3) is 0 Å². The summed E-state index contributed by atoms with van der Waals surface area (Å²) < 4.78 is 0. The van der Waals surface area contributed by atoms with Gasteiger partial charge in [0.1, 0.15) is 0 Å². The Morgan fingerprint density at radius 1 is 0.879 bits per heavy atom. The molecule has 0 heterocycles. The highest BCUT2D eigenvalue weighted by molar-refractivity contribution is 5.79. The summed E-state index contributed by atoms with van der Waals surface area (Å²) >= 11 is 0. The minimum Gasteiger partial charge on any atom is -0.356 e. The zero-order chi connectivity index (χ0) is 22.9. The van der Waals surface area contributed by atoms with Gasteiger partial charge in [-0.3, -0.25) is 9.59 Å². The molecule has 0 aromatic heterocycles. The van der Waals surface area contributed by atoms with Crippen molar-refractivity contribution in [2.75, 3.05) is 6.54 Å². The van der Waals surface area contributed by atoms with Crippen LogP contribution in [-0.2, 0) is 9.59 Å². The topological polar surface area (TPSA) is 58.2 Å². The molecule has 3 aliphatic rings. The maximum absolute atomic E-state index is 13.0. The van der Waals surface area contributed by atoms with Crippen LogP contribution in [0.1, 0.15) is 71.0 Å². The summed E-state index contributed by atoms with van der Waals surface area (Å²) in [5, 5.41) is 6.13. The van der Waals surface area contributed by atoms with Crippen molar-refractivity contribution in [3.05, 3.63) is 106 Å². The third kappa shape index (κ3) is 4.18. The summed E-state index contributed by atoms with van der Waals surface area (Å²) in [5.74, 6) is 0.904. The second-order valence-corrected chi connectivity index (χ2v) is 9.46. The fourth-order valence-corrected chi connectivity index (χ4v) is 5.76. The molecule has 2 unspecified atom stereocenters. The molecule has 2 bridgehead atoms. The monoisotopic (exact) mass is 438 g/mol. The molecule has 2 N–H and O–H groups in total. The summed E-state index contributed by atoms with van der Waals surface area (Å²) in [5.41, 5.74) is 7.79. The Kier molecular flexibility index (Phi) is 5.76.